The van der Waals surface area contributed by atoms with E-state index in [0.29, 0.717) is 12.1 Å². The van der Waals surface area contributed by atoms with Crippen LogP contribution in [0.15, 0.2) is 23.7 Å². The van der Waals surface area contributed by atoms with Crippen molar-refractivity contribution in [1.82, 2.24) is 10.3 Å². The molecule has 1 aromatic carbocycles. The Kier molecular flexibility index (Phi) is 5.19. The van der Waals surface area contributed by atoms with Crippen molar-refractivity contribution in [3.63, 3.8) is 0 Å². The molecule has 0 unspecified atom stereocenters. The van der Waals surface area contributed by atoms with Crippen LogP contribution in [-0.4, -0.2) is 11.6 Å². The number of hydrogen-bond donors (Lipinski definition) is 1. The second-order valence-electron chi connectivity index (χ2n) is 4.52. The Hall–Kier alpha value is -1.60. The molecule has 21 heavy (non-hydrogen) atoms. The zero-order valence-corrected chi connectivity index (χ0v) is 12.4. The summed E-state index contributed by atoms with van der Waals surface area (Å²) in [7, 11) is 0. The first-order valence-corrected chi connectivity index (χ1v) is 7.22. The van der Waals surface area contributed by atoms with E-state index in [1.165, 1.54) is 23.5 Å². The normalized spacial score (nSPS) is 12.7. The summed E-state index contributed by atoms with van der Waals surface area (Å²) in [5, 5.41) is 3.20. The Balaban J connectivity index is 2.11. The summed E-state index contributed by atoms with van der Waals surface area (Å²) in [5.74, 6) is -0.758. The summed E-state index contributed by atoms with van der Waals surface area (Å²) in [4.78, 5) is 5.21. The van der Waals surface area contributed by atoms with Gasteiger partial charge in [0.05, 0.1) is 11.2 Å². The highest BCUT2D eigenvalue weighted by molar-refractivity contribution is 7.09. The predicted molar refractivity (Wildman–Crippen MR) is 75.1 cm³/mol. The Bertz CT molecular complexity index is 604. The number of nitrogens with zero attached hydrogens (tertiary/aromatic N) is 1. The van der Waals surface area contributed by atoms with E-state index in [9.17, 15) is 13.2 Å². The summed E-state index contributed by atoms with van der Waals surface area (Å²) in [5.41, 5.74) is 3.17. The van der Waals surface area contributed by atoms with E-state index in [2.05, 4.69) is 15.0 Å². The second-order valence-corrected chi connectivity index (χ2v) is 5.46. The monoisotopic (exact) mass is 316 g/mol. The van der Waals surface area contributed by atoms with Gasteiger partial charge in [0.15, 0.2) is 0 Å². The molecule has 114 valence electrons. The number of ether oxygens (including phenoxy) is 1. The van der Waals surface area contributed by atoms with E-state index < -0.39 is 12.4 Å². The standard InChI is InChI=1S/C14H15F3N2OS/c1-8(18-6-13-9(2)19-7-21-13)11-4-3-10(15)5-12(11)20-14(16)17/h3-5,7-8,14,18H,6H2,1-2H3/t8-/m1/s1. The van der Waals surface area contributed by atoms with Gasteiger partial charge in [0.25, 0.3) is 0 Å². The fraction of sp³-hybridized carbons (Fsp3) is 0.357. The van der Waals surface area contributed by atoms with Gasteiger partial charge in [-0.2, -0.15) is 8.78 Å². The van der Waals surface area contributed by atoms with E-state index in [1.54, 1.807) is 5.51 Å². The minimum Gasteiger partial charge on any atom is -0.434 e. The van der Waals surface area contributed by atoms with Crippen LogP contribution in [0.25, 0.3) is 0 Å². The molecule has 1 aromatic heterocycles. The summed E-state index contributed by atoms with van der Waals surface area (Å²) >= 11 is 1.52. The van der Waals surface area contributed by atoms with Crippen LogP contribution in [-0.2, 0) is 6.54 Å². The fourth-order valence-electron chi connectivity index (χ4n) is 1.92. The van der Waals surface area contributed by atoms with Gasteiger partial charge in [-0.15, -0.1) is 11.3 Å². The number of nitrogens with one attached hydrogen (secondary N) is 1. The van der Waals surface area contributed by atoms with E-state index in [1.807, 2.05) is 13.8 Å². The first-order valence-electron chi connectivity index (χ1n) is 6.34. The van der Waals surface area contributed by atoms with Gasteiger partial charge in [-0.25, -0.2) is 9.37 Å². The van der Waals surface area contributed by atoms with Crippen LogP contribution < -0.4 is 10.1 Å². The molecule has 1 N–H and O–H groups in total. The van der Waals surface area contributed by atoms with Crippen molar-refractivity contribution in [1.29, 1.82) is 0 Å². The Labute approximate surface area is 124 Å². The average molecular weight is 316 g/mol. The molecule has 0 amide bonds. The molecular formula is C14H15F3N2OS. The molecule has 0 radical (unpaired) electrons. The Morgan fingerprint density at radius 2 is 2.14 bits per heavy atom. The zero-order chi connectivity index (χ0) is 15.4. The van der Waals surface area contributed by atoms with Gasteiger partial charge in [-0.05, 0) is 19.9 Å². The van der Waals surface area contributed by atoms with Crippen LogP contribution in [0.5, 0.6) is 5.75 Å². The lowest BCUT2D eigenvalue weighted by molar-refractivity contribution is -0.0508. The van der Waals surface area contributed by atoms with Crippen molar-refractivity contribution < 1.29 is 17.9 Å². The third-order valence-electron chi connectivity index (χ3n) is 3.07. The smallest absolute Gasteiger partial charge is 0.387 e. The largest absolute Gasteiger partial charge is 0.434 e. The number of halogens is 3. The summed E-state index contributed by atoms with van der Waals surface area (Å²) in [6.07, 6.45) is 0. The second kappa shape index (κ2) is 6.91. The minimum atomic E-state index is -2.98. The summed E-state index contributed by atoms with van der Waals surface area (Å²) < 4.78 is 42.3. The molecule has 0 saturated heterocycles. The molecule has 0 saturated carbocycles. The van der Waals surface area contributed by atoms with Gasteiger partial charge in [-0.1, -0.05) is 6.07 Å². The molecular weight excluding hydrogens is 301 g/mol. The van der Waals surface area contributed by atoms with Crippen molar-refractivity contribution in [2.45, 2.75) is 33.0 Å². The first kappa shape index (κ1) is 15.8. The lowest BCUT2D eigenvalue weighted by Gasteiger charge is -2.18. The highest BCUT2D eigenvalue weighted by atomic mass is 32.1. The zero-order valence-electron chi connectivity index (χ0n) is 11.6. The lowest BCUT2D eigenvalue weighted by atomic mass is 10.1. The van der Waals surface area contributed by atoms with Crippen molar-refractivity contribution in [2.75, 3.05) is 0 Å². The van der Waals surface area contributed by atoms with Gasteiger partial charge in [0.1, 0.15) is 11.6 Å². The molecule has 0 aliphatic heterocycles. The van der Waals surface area contributed by atoms with Crippen LogP contribution in [0.3, 0.4) is 0 Å². The maximum atomic E-state index is 13.2. The first-order chi connectivity index (χ1) is 9.97. The molecule has 2 rings (SSSR count). The van der Waals surface area contributed by atoms with E-state index in [0.717, 1.165) is 16.6 Å². The van der Waals surface area contributed by atoms with Crippen LogP contribution in [0.2, 0.25) is 0 Å². The average Bonchev–Trinajstić information content (AvgIpc) is 2.81. The molecule has 0 spiro atoms. The van der Waals surface area contributed by atoms with Crippen molar-refractivity contribution >= 4 is 11.3 Å². The molecule has 7 heteroatoms. The van der Waals surface area contributed by atoms with E-state index in [4.69, 9.17) is 0 Å². The van der Waals surface area contributed by atoms with Gasteiger partial charge < -0.3 is 10.1 Å². The third-order valence-corrected chi connectivity index (χ3v) is 4.01. The molecule has 0 bridgehead atoms. The number of aryl methyl sites for hydroxylation is 1. The van der Waals surface area contributed by atoms with E-state index in [-0.39, 0.29) is 11.8 Å². The van der Waals surface area contributed by atoms with Crippen molar-refractivity contribution in [3.05, 3.63) is 45.7 Å². The number of benzene rings is 1. The van der Waals surface area contributed by atoms with Gasteiger partial charge >= 0.3 is 6.61 Å². The number of rotatable bonds is 6. The fourth-order valence-corrected chi connectivity index (χ4v) is 2.64. The predicted octanol–water partition coefficient (Wildman–Crippen LogP) is 4.04. The molecule has 3 nitrogen and oxygen atoms in total. The van der Waals surface area contributed by atoms with Gasteiger partial charge in [-0.3, -0.25) is 0 Å². The van der Waals surface area contributed by atoms with Crippen LogP contribution in [0, 0.1) is 12.7 Å². The van der Waals surface area contributed by atoms with Gasteiger partial charge in [0.2, 0.25) is 0 Å². The number of hydrogen-bond acceptors (Lipinski definition) is 4. The summed E-state index contributed by atoms with van der Waals surface area (Å²) in [6, 6.07) is 3.38. The highest BCUT2D eigenvalue weighted by Crippen LogP contribution is 2.28. The molecule has 0 fully saturated rings. The summed E-state index contributed by atoms with van der Waals surface area (Å²) in [6.45, 7) is 1.29. The molecule has 0 aliphatic carbocycles. The molecule has 2 aromatic rings. The maximum Gasteiger partial charge on any atom is 0.387 e. The minimum absolute atomic E-state index is 0.147. The Morgan fingerprint density at radius 1 is 1.38 bits per heavy atom. The van der Waals surface area contributed by atoms with Gasteiger partial charge in [0, 0.05) is 29.1 Å². The van der Waals surface area contributed by atoms with Crippen LogP contribution in [0.4, 0.5) is 13.2 Å². The van der Waals surface area contributed by atoms with Crippen molar-refractivity contribution in [3.8, 4) is 5.75 Å². The van der Waals surface area contributed by atoms with Crippen molar-refractivity contribution in [2.24, 2.45) is 0 Å². The highest BCUT2D eigenvalue weighted by Gasteiger charge is 2.16. The quantitative estimate of drug-likeness (QED) is 0.873. The number of aromatic nitrogens is 1. The maximum absolute atomic E-state index is 13.2. The topological polar surface area (TPSA) is 34.2 Å². The van der Waals surface area contributed by atoms with Crippen LogP contribution >= 0.6 is 11.3 Å². The number of alkyl halides is 2. The molecule has 1 heterocycles. The Morgan fingerprint density at radius 3 is 2.76 bits per heavy atom. The molecule has 0 aliphatic rings. The van der Waals surface area contributed by atoms with Crippen LogP contribution in [0.1, 0.15) is 29.1 Å². The third kappa shape index (κ3) is 4.18. The SMILES string of the molecule is Cc1ncsc1CN[C@H](C)c1ccc(F)cc1OC(F)F. The molecule has 1 atom stereocenters. The lowest BCUT2D eigenvalue weighted by Crippen LogP contribution is -2.19. The number of thiazole rings is 1. The van der Waals surface area contributed by atoms with E-state index >= 15 is 0 Å².